The first-order valence-corrected chi connectivity index (χ1v) is 9.27. The fourth-order valence-electron chi connectivity index (χ4n) is 2.74. The summed E-state index contributed by atoms with van der Waals surface area (Å²) in [6.07, 6.45) is 1.77. The highest BCUT2D eigenvalue weighted by molar-refractivity contribution is 7.21. The average Bonchev–Trinajstić information content (AvgIpc) is 3.26. The molecule has 4 aromatic rings. The number of fused-ring (bicyclic) bond motifs is 1. The van der Waals surface area contributed by atoms with Crippen molar-refractivity contribution in [2.24, 2.45) is 7.05 Å². The second-order valence-electron chi connectivity index (χ2n) is 6.09. The number of carbonyl (C=O) groups is 1. The van der Waals surface area contributed by atoms with Gasteiger partial charge in [0, 0.05) is 24.2 Å². The van der Waals surface area contributed by atoms with Crippen molar-refractivity contribution in [3.8, 4) is 10.4 Å². The van der Waals surface area contributed by atoms with Gasteiger partial charge in [-0.2, -0.15) is 5.10 Å². The molecule has 0 aliphatic carbocycles. The second kappa shape index (κ2) is 7.16. The van der Waals surface area contributed by atoms with Crippen LogP contribution < -0.4 is 10.6 Å². The van der Waals surface area contributed by atoms with Crippen LogP contribution in [0.2, 0.25) is 0 Å². The summed E-state index contributed by atoms with van der Waals surface area (Å²) >= 11 is 1.61. The number of thiophene rings is 1. The maximum Gasteiger partial charge on any atom is 0.244 e. The van der Waals surface area contributed by atoms with E-state index in [-0.39, 0.29) is 12.5 Å². The highest BCUT2D eigenvalue weighted by Gasteiger charge is 2.13. The van der Waals surface area contributed by atoms with E-state index >= 15 is 0 Å². The van der Waals surface area contributed by atoms with Crippen molar-refractivity contribution in [2.75, 3.05) is 17.2 Å². The van der Waals surface area contributed by atoms with Gasteiger partial charge < -0.3 is 10.6 Å². The van der Waals surface area contributed by atoms with Gasteiger partial charge in [0.15, 0.2) is 5.82 Å². The van der Waals surface area contributed by atoms with E-state index in [1.165, 1.54) is 0 Å². The fourth-order valence-corrected chi connectivity index (χ4v) is 3.82. The number of nitrogens with zero attached hydrogens (tertiary/aromatic N) is 4. The molecule has 1 amide bonds. The van der Waals surface area contributed by atoms with Gasteiger partial charge in [-0.15, -0.1) is 11.3 Å². The third-order valence-electron chi connectivity index (χ3n) is 3.96. The minimum Gasteiger partial charge on any atom is -0.360 e. The maximum atomic E-state index is 12.2. The summed E-state index contributed by atoms with van der Waals surface area (Å²) in [7, 11) is 1.80. The molecule has 0 aliphatic rings. The van der Waals surface area contributed by atoms with Crippen molar-refractivity contribution in [3.05, 3.63) is 54.5 Å². The number of nitrogens with one attached hydrogen (secondary N) is 2. The predicted molar refractivity (Wildman–Crippen MR) is 108 cm³/mol. The largest absolute Gasteiger partial charge is 0.360 e. The molecule has 3 heterocycles. The lowest BCUT2D eigenvalue weighted by Gasteiger charge is -2.07. The van der Waals surface area contributed by atoms with Gasteiger partial charge in [-0.3, -0.25) is 9.48 Å². The van der Waals surface area contributed by atoms with Crippen molar-refractivity contribution in [3.63, 3.8) is 0 Å². The number of amides is 1. The van der Waals surface area contributed by atoms with Crippen LogP contribution in [-0.2, 0) is 11.8 Å². The summed E-state index contributed by atoms with van der Waals surface area (Å²) in [4.78, 5) is 23.2. The molecule has 3 aromatic heterocycles. The van der Waals surface area contributed by atoms with Crippen molar-refractivity contribution in [2.45, 2.75) is 6.92 Å². The van der Waals surface area contributed by atoms with Gasteiger partial charge in [0.2, 0.25) is 5.91 Å². The van der Waals surface area contributed by atoms with Gasteiger partial charge in [-0.25, -0.2) is 9.97 Å². The van der Waals surface area contributed by atoms with E-state index in [1.54, 1.807) is 35.3 Å². The summed E-state index contributed by atoms with van der Waals surface area (Å²) in [6, 6.07) is 14.0. The number of benzene rings is 1. The lowest BCUT2D eigenvalue weighted by molar-refractivity contribution is -0.114. The summed E-state index contributed by atoms with van der Waals surface area (Å²) in [5.74, 6) is 1.66. The molecule has 136 valence electrons. The molecule has 0 atom stereocenters. The van der Waals surface area contributed by atoms with E-state index < -0.39 is 0 Å². The van der Waals surface area contributed by atoms with Crippen molar-refractivity contribution in [1.29, 1.82) is 0 Å². The molecular weight excluding hydrogens is 360 g/mol. The zero-order valence-corrected chi connectivity index (χ0v) is 15.7. The van der Waals surface area contributed by atoms with E-state index in [9.17, 15) is 4.79 Å². The maximum absolute atomic E-state index is 12.2. The summed E-state index contributed by atoms with van der Waals surface area (Å²) in [5.41, 5.74) is 1.14. The SMILES string of the molecule is Cc1nc(NCC(=O)Nc2ccn(C)n2)c2cc(-c3ccccc3)sc2n1. The van der Waals surface area contributed by atoms with Gasteiger partial charge in [0.05, 0.1) is 11.9 Å². The quantitative estimate of drug-likeness (QED) is 0.556. The van der Waals surface area contributed by atoms with Gasteiger partial charge in [-0.1, -0.05) is 30.3 Å². The lowest BCUT2D eigenvalue weighted by Crippen LogP contribution is -2.22. The molecule has 0 radical (unpaired) electrons. The van der Waals surface area contributed by atoms with Crippen LogP contribution in [-0.4, -0.2) is 32.2 Å². The minimum atomic E-state index is -0.184. The molecule has 7 nitrogen and oxygen atoms in total. The molecule has 0 fully saturated rings. The zero-order valence-electron chi connectivity index (χ0n) is 14.9. The van der Waals surface area contributed by atoms with Gasteiger partial charge >= 0.3 is 0 Å². The van der Waals surface area contributed by atoms with Crippen molar-refractivity contribution >= 4 is 39.1 Å². The van der Waals surface area contributed by atoms with Crippen LogP contribution in [0.1, 0.15) is 5.82 Å². The Morgan fingerprint density at radius 3 is 2.74 bits per heavy atom. The summed E-state index contributed by atoms with van der Waals surface area (Å²) < 4.78 is 1.64. The first-order valence-electron chi connectivity index (χ1n) is 8.45. The molecule has 0 spiro atoms. The predicted octanol–water partition coefficient (Wildman–Crippen LogP) is 3.45. The molecule has 27 heavy (non-hydrogen) atoms. The molecule has 1 aromatic carbocycles. The average molecular weight is 378 g/mol. The Labute approximate surface area is 160 Å². The smallest absolute Gasteiger partial charge is 0.244 e. The molecule has 4 rings (SSSR count). The van der Waals surface area contributed by atoms with Crippen molar-refractivity contribution in [1.82, 2.24) is 19.7 Å². The Morgan fingerprint density at radius 1 is 1.19 bits per heavy atom. The van der Waals surface area contributed by atoms with Crippen LogP contribution in [0.25, 0.3) is 20.7 Å². The van der Waals surface area contributed by atoms with Gasteiger partial charge in [0.1, 0.15) is 16.5 Å². The lowest BCUT2D eigenvalue weighted by atomic mass is 10.2. The molecule has 0 aliphatic heterocycles. The van der Waals surface area contributed by atoms with Crippen LogP contribution in [0.4, 0.5) is 11.6 Å². The van der Waals surface area contributed by atoms with E-state index in [1.807, 2.05) is 25.1 Å². The molecule has 2 N–H and O–H groups in total. The Bertz CT molecular complexity index is 1100. The highest BCUT2D eigenvalue weighted by Crippen LogP contribution is 2.35. The summed E-state index contributed by atoms with van der Waals surface area (Å²) in [5, 5.41) is 10.9. The van der Waals surface area contributed by atoms with E-state index in [0.29, 0.717) is 17.5 Å². The molecule has 0 bridgehead atoms. The second-order valence-corrected chi connectivity index (χ2v) is 7.12. The van der Waals surface area contributed by atoms with Crippen LogP contribution in [0.5, 0.6) is 0 Å². The van der Waals surface area contributed by atoms with Crippen molar-refractivity contribution < 1.29 is 4.79 Å². The zero-order chi connectivity index (χ0) is 18.8. The molecular formula is C19H18N6OS. The van der Waals surface area contributed by atoms with E-state index in [0.717, 1.165) is 20.7 Å². The van der Waals surface area contributed by atoms with Crippen LogP contribution in [0.3, 0.4) is 0 Å². The molecule has 0 unspecified atom stereocenters. The Hall–Kier alpha value is -3.26. The molecule has 0 saturated carbocycles. The third kappa shape index (κ3) is 3.80. The van der Waals surface area contributed by atoms with Gasteiger partial charge in [0.25, 0.3) is 0 Å². The first kappa shape index (κ1) is 17.2. The number of carbonyl (C=O) groups excluding carboxylic acids is 1. The Morgan fingerprint density at radius 2 is 2.00 bits per heavy atom. The van der Waals surface area contributed by atoms with E-state index in [4.69, 9.17) is 0 Å². The fraction of sp³-hybridized carbons (Fsp3) is 0.158. The highest BCUT2D eigenvalue weighted by atomic mass is 32.1. The Kier molecular flexibility index (Phi) is 4.55. The Balaban J connectivity index is 1.55. The minimum absolute atomic E-state index is 0.0959. The number of hydrogen-bond donors (Lipinski definition) is 2. The number of rotatable bonds is 5. The first-order chi connectivity index (χ1) is 13.1. The standard InChI is InChI=1S/C19H18N6OS/c1-12-21-18(20-11-17(26)23-16-8-9-25(2)24-16)14-10-15(27-19(14)22-12)13-6-4-3-5-7-13/h3-10H,11H2,1-2H3,(H,20,21,22)(H,23,24,26). The van der Waals surface area contributed by atoms with Crippen LogP contribution >= 0.6 is 11.3 Å². The van der Waals surface area contributed by atoms with E-state index in [2.05, 4.69) is 43.9 Å². The van der Waals surface area contributed by atoms with Crippen LogP contribution in [0.15, 0.2) is 48.7 Å². The number of aromatic nitrogens is 4. The number of anilines is 2. The normalized spacial score (nSPS) is 10.9. The number of aryl methyl sites for hydroxylation is 2. The van der Waals surface area contributed by atoms with Crippen LogP contribution in [0, 0.1) is 6.92 Å². The molecule has 8 heteroatoms. The monoisotopic (exact) mass is 378 g/mol. The molecule has 0 saturated heterocycles. The summed E-state index contributed by atoms with van der Waals surface area (Å²) in [6.45, 7) is 1.94. The topological polar surface area (TPSA) is 84.7 Å². The third-order valence-corrected chi connectivity index (χ3v) is 5.04. The van der Waals surface area contributed by atoms with Gasteiger partial charge in [-0.05, 0) is 18.6 Å². The number of hydrogen-bond acceptors (Lipinski definition) is 6.